The minimum atomic E-state index is -5.69. The van der Waals surface area contributed by atoms with Crippen molar-refractivity contribution in [3.8, 4) is 5.75 Å². The van der Waals surface area contributed by atoms with E-state index >= 15 is 0 Å². The van der Waals surface area contributed by atoms with Crippen LogP contribution in [0.5, 0.6) is 5.75 Å². The first kappa shape index (κ1) is 32.3. The summed E-state index contributed by atoms with van der Waals surface area (Å²) in [5, 5.41) is -4.52. The number of ether oxygens (including phenoxy) is 3. The fourth-order valence-corrected chi connectivity index (χ4v) is 6.84. The van der Waals surface area contributed by atoms with Crippen molar-refractivity contribution in [3.63, 3.8) is 0 Å². The van der Waals surface area contributed by atoms with E-state index in [2.05, 4.69) is 20.8 Å². The van der Waals surface area contributed by atoms with Crippen LogP contribution in [-0.4, -0.2) is 43.5 Å². The second-order valence-corrected chi connectivity index (χ2v) is 14.8. The summed E-state index contributed by atoms with van der Waals surface area (Å²) in [4.78, 5) is 2.41. The van der Waals surface area contributed by atoms with Crippen molar-refractivity contribution in [3.05, 3.63) is 83.9 Å². The fourth-order valence-electron chi connectivity index (χ4n) is 4.29. The predicted molar refractivity (Wildman–Crippen MR) is 151 cm³/mol. The lowest BCUT2D eigenvalue weighted by Gasteiger charge is -2.37. The number of hydrogen-bond acceptors (Lipinski definition) is 5. The summed E-state index contributed by atoms with van der Waals surface area (Å²) in [6.45, 7) is 7.18. The Morgan fingerprint density at radius 3 is 1.93 bits per heavy atom. The topological polar surface area (TPSA) is 82.1 Å². The Bertz CT molecular complexity index is 1490. The standard InChI is InChI=1S/C30H32F4O6S2/c1-20(30(33,34)42(35,36)37)40-23-7-6-8-26(17-23)41(24-13-9-21(10-14-24)27(2,3)4)25-15-11-22(12-16-25)28(5)38-18-29(31,32)19-39-28/h6-17,20H,18-19H2,1-5H3/p+1. The first-order valence-electron chi connectivity index (χ1n) is 13.1. The maximum atomic E-state index is 14.2. The molecule has 0 radical (unpaired) electrons. The van der Waals surface area contributed by atoms with Gasteiger partial charge in [0.15, 0.2) is 26.6 Å². The molecule has 1 N–H and O–H groups in total. The van der Waals surface area contributed by atoms with Crippen molar-refractivity contribution in [2.24, 2.45) is 0 Å². The summed E-state index contributed by atoms with van der Waals surface area (Å²) in [5.74, 6) is -4.43. The number of halogens is 4. The van der Waals surface area contributed by atoms with E-state index in [1.807, 2.05) is 36.4 Å². The van der Waals surface area contributed by atoms with Gasteiger partial charge in [0.2, 0.25) is 0 Å². The lowest BCUT2D eigenvalue weighted by atomic mass is 9.87. The summed E-state index contributed by atoms with van der Waals surface area (Å²) in [7, 11) is -6.48. The van der Waals surface area contributed by atoms with Gasteiger partial charge in [0.05, 0.1) is 10.9 Å². The molecule has 1 fully saturated rings. The Morgan fingerprint density at radius 1 is 0.905 bits per heavy atom. The number of rotatable bonds is 8. The monoisotopic (exact) mass is 629 g/mol. The molecule has 0 amide bonds. The summed E-state index contributed by atoms with van der Waals surface area (Å²) in [6.07, 6.45) is -2.17. The van der Waals surface area contributed by atoms with Crippen molar-refractivity contribution in [2.45, 2.75) is 77.8 Å². The zero-order valence-electron chi connectivity index (χ0n) is 23.7. The van der Waals surface area contributed by atoms with E-state index in [0.717, 1.165) is 22.3 Å². The van der Waals surface area contributed by atoms with Crippen LogP contribution < -0.4 is 4.74 Å². The molecule has 3 aromatic rings. The van der Waals surface area contributed by atoms with Crippen molar-refractivity contribution >= 4 is 21.0 Å². The van der Waals surface area contributed by atoms with E-state index in [1.165, 1.54) is 6.07 Å². The Kier molecular flexibility index (Phi) is 8.81. The third kappa shape index (κ3) is 6.94. The van der Waals surface area contributed by atoms with Gasteiger partial charge in [0.25, 0.3) is 5.92 Å². The maximum absolute atomic E-state index is 14.2. The molecular weight excluding hydrogens is 596 g/mol. The zero-order valence-corrected chi connectivity index (χ0v) is 25.4. The van der Waals surface area contributed by atoms with Crippen LogP contribution in [0.3, 0.4) is 0 Å². The van der Waals surface area contributed by atoms with Crippen molar-refractivity contribution < 1.29 is 44.7 Å². The molecule has 4 rings (SSSR count). The minimum absolute atomic E-state index is 0.0128. The average molecular weight is 630 g/mol. The van der Waals surface area contributed by atoms with E-state index < -0.39 is 57.3 Å². The first-order valence-corrected chi connectivity index (χ1v) is 15.7. The molecule has 0 saturated carbocycles. The normalized spacial score (nSPS) is 18.7. The molecule has 0 bridgehead atoms. The molecule has 42 heavy (non-hydrogen) atoms. The van der Waals surface area contributed by atoms with E-state index in [1.54, 1.807) is 37.3 Å². The molecule has 6 nitrogen and oxygen atoms in total. The van der Waals surface area contributed by atoms with Crippen LogP contribution in [-0.2, 0) is 41.7 Å². The molecule has 0 aromatic heterocycles. The van der Waals surface area contributed by atoms with Gasteiger partial charge in [-0.2, -0.15) is 17.2 Å². The average Bonchev–Trinajstić information content (AvgIpc) is 2.90. The highest BCUT2D eigenvalue weighted by atomic mass is 32.2. The van der Waals surface area contributed by atoms with Gasteiger partial charge in [-0.05, 0) is 73.4 Å². The van der Waals surface area contributed by atoms with Gasteiger partial charge in [0, 0.05) is 11.6 Å². The SMILES string of the molecule is CC(Oc1cccc([S+](c2ccc(C(C)(C)C)cc2)c2ccc(C3(C)OCC(F)(F)CO3)cc2)c1)C(F)(F)S(=O)(=O)O. The van der Waals surface area contributed by atoms with Gasteiger partial charge in [0.1, 0.15) is 19.0 Å². The molecule has 1 aliphatic rings. The van der Waals surface area contributed by atoms with E-state index in [4.69, 9.17) is 18.8 Å². The van der Waals surface area contributed by atoms with E-state index in [0.29, 0.717) is 10.5 Å². The molecule has 1 aliphatic heterocycles. The maximum Gasteiger partial charge on any atom is 0.405 e. The highest BCUT2D eigenvalue weighted by Gasteiger charge is 2.51. The Labute approximate surface area is 246 Å². The predicted octanol–water partition coefficient (Wildman–Crippen LogP) is 7.18. The van der Waals surface area contributed by atoms with Crippen LogP contribution in [0.25, 0.3) is 0 Å². The zero-order chi connectivity index (χ0) is 31.1. The van der Waals surface area contributed by atoms with E-state index in [9.17, 15) is 26.0 Å². The molecule has 2 unspecified atom stereocenters. The third-order valence-corrected chi connectivity index (χ3v) is 10.1. The molecule has 1 saturated heterocycles. The number of benzene rings is 3. The summed E-state index contributed by atoms with van der Waals surface area (Å²) in [6, 6.07) is 21.5. The number of hydrogen-bond donors (Lipinski definition) is 1. The van der Waals surface area contributed by atoms with Gasteiger partial charge >= 0.3 is 15.4 Å². The largest absolute Gasteiger partial charge is 0.483 e. The Balaban J connectivity index is 1.72. The highest BCUT2D eigenvalue weighted by Crippen LogP contribution is 2.39. The molecule has 0 aliphatic carbocycles. The molecule has 228 valence electrons. The first-order chi connectivity index (χ1) is 19.3. The highest BCUT2D eigenvalue weighted by molar-refractivity contribution is 7.97. The van der Waals surface area contributed by atoms with Crippen LogP contribution in [0.15, 0.2) is 87.5 Å². The van der Waals surface area contributed by atoms with Crippen molar-refractivity contribution in [2.75, 3.05) is 13.2 Å². The van der Waals surface area contributed by atoms with Gasteiger partial charge in [-0.25, -0.2) is 8.78 Å². The third-order valence-electron chi connectivity index (χ3n) is 6.86. The minimum Gasteiger partial charge on any atom is -0.483 e. The quantitative estimate of drug-likeness (QED) is 0.162. The Morgan fingerprint density at radius 2 is 1.43 bits per heavy atom. The van der Waals surface area contributed by atoms with Gasteiger partial charge in [-0.15, -0.1) is 0 Å². The van der Waals surface area contributed by atoms with Gasteiger partial charge in [-0.3, -0.25) is 4.55 Å². The Hall–Kier alpha value is -2.64. The lowest BCUT2D eigenvalue weighted by Crippen LogP contribution is -2.46. The molecule has 3 aromatic carbocycles. The van der Waals surface area contributed by atoms with Crippen molar-refractivity contribution in [1.82, 2.24) is 0 Å². The van der Waals surface area contributed by atoms with Gasteiger partial charge < -0.3 is 14.2 Å². The second kappa shape index (κ2) is 11.5. The number of alkyl halides is 4. The molecule has 2 atom stereocenters. The van der Waals surface area contributed by atoms with Crippen LogP contribution in [0.1, 0.15) is 45.7 Å². The smallest absolute Gasteiger partial charge is 0.405 e. The van der Waals surface area contributed by atoms with Crippen LogP contribution in [0.2, 0.25) is 0 Å². The molecule has 1 heterocycles. The van der Waals surface area contributed by atoms with E-state index in [-0.39, 0.29) is 11.2 Å². The lowest BCUT2D eigenvalue weighted by molar-refractivity contribution is -0.328. The summed E-state index contributed by atoms with van der Waals surface area (Å²) in [5.41, 5.74) is 1.57. The molecule has 12 heteroatoms. The summed E-state index contributed by atoms with van der Waals surface area (Å²) >= 11 is 0. The van der Waals surface area contributed by atoms with Crippen LogP contribution in [0, 0.1) is 0 Å². The fraction of sp³-hybridized carbons (Fsp3) is 0.400. The van der Waals surface area contributed by atoms with Gasteiger partial charge in [-0.1, -0.05) is 39.0 Å². The second-order valence-electron chi connectivity index (χ2n) is 11.3. The summed E-state index contributed by atoms with van der Waals surface area (Å²) < 4.78 is 103. The van der Waals surface area contributed by atoms with Crippen LogP contribution >= 0.6 is 0 Å². The molecular formula is C30H33F4O6S2+. The van der Waals surface area contributed by atoms with Crippen LogP contribution in [0.4, 0.5) is 17.6 Å². The van der Waals surface area contributed by atoms with Crippen molar-refractivity contribution in [1.29, 1.82) is 0 Å². The molecule has 0 spiro atoms.